The van der Waals surface area contributed by atoms with E-state index in [1.165, 1.54) is 6.07 Å². The summed E-state index contributed by atoms with van der Waals surface area (Å²) in [6.45, 7) is 3.94. The number of fused-ring (bicyclic) bond motifs is 1. The molecular weight excluding hydrogens is 506 g/mol. The van der Waals surface area contributed by atoms with Crippen LogP contribution < -0.4 is 11.1 Å². The van der Waals surface area contributed by atoms with E-state index in [-0.39, 0.29) is 15.7 Å². The van der Waals surface area contributed by atoms with Gasteiger partial charge in [-0.25, -0.2) is 18.4 Å². The number of halogens is 1. The molecular formula is C28H30ClN5O2S. The molecule has 4 aromatic rings. The number of anilines is 1. The molecule has 1 fully saturated rings. The van der Waals surface area contributed by atoms with Gasteiger partial charge in [-0.3, -0.25) is 4.98 Å². The average molecular weight is 536 g/mol. The lowest BCUT2D eigenvalue weighted by Crippen LogP contribution is -2.33. The zero-order valence-electron chi connectivity index (χ0n) is 20.9. The highest BCUT2D eigenvalue weighted by Gasteiger charge is 2.21. The smallest absolute Gasteiger partial charge is 0.223 e. The topological polar surface area (TPSA) is 111 Å². The van der Waals surface area contributed by atoms with Crippen molar-refractivity contribution < 1.29 is 8.42 Å². The first-order valence-electron chi connectivity index (χ1n) is 12.4. The Kier molecular flexibility index (Phi) is 7.16. The van der Waals surface area contributed by atoms with E-state index in [2.05, 4.69) is 27.4 Å². The first-order valence-corrected chi connectivity index (χ1v) is 14.5. The summed E-state index contributed by atoms with van der Waals surface area (Å²) in [5.74, 6) is 0.424. The zero-order valence-corrected chi connectivity index (χ0v) is 22.5. The Morgan fingerprint density at radius 1 is 1.00 bits per heavy atom. The van der Waals surface area contributed by atoms with Gasteiger partial charge in [-0.05, 0) is 81.0 Å². The van der Waals surface area contributed by atoms with Crippen LogP contribution in [-0.4, -0.2) is 35.5 Å². The Bertz CT molecular complexity index is 1570. The molecule has 1 aliphatic rings. The fourth-order valence-electron chi connectivity index (χ4n) is 4.94. The predicted molar refractivity (Wildman–Crippen MR) is 148 cm³/mol. The number of nitrogens with two attached hydrogens (primary N) is 1. The molecule has 5 rings (SSSR count). The summed E-state index contributed by atoms with van der Waals surface area (Å²) in [6.07, 6.45) is 5.94. The maximum Gasteiger partial charge on any atom is 0.223 e. The van der Waals surface area contributed by atoms with Crippen LogP contribution in [-0.2, 0) is 15.6 Å². The molecule has 0 radical (unpaired) electrons. The number of sulfone groups is 1. The van der Waals surface area contributed by atoms with Crippen molar-refractivity contribution in [3.63, 3.8) is 0 Å². The molecule has 0 spiro atoms. The van der Waals surface area contributed by atoms with Gasteiger partial charge in [0.25, 0.3) is 0 Å². The van der Waals surface area contributed by atoms with Crippen LogP contribution in [0.3, 0.4) is 0 Å². The van der Waals surface area contributed by atoms with Crippen molar-refractivity contribution in [1.29, 1.82) is 0 Å². The van der Waals surface area contributed by atoms with E-state index in [1.54, 1.807) is 24.3 Å². The normalized spacial score (nSPS) is 18.2. The van der Waals surface area contributed by atoms with E-state index >= 15 is 0 Å². The Hall–Kier alpha value is -3.07. The first-order chi connectivity index (χ1) is 17.7. The van der Waals surface area contributed by atoms with Gasteiger partial charge in [0.1, 0.15) is 0 Å². The van der Waals surface area contributed by atoms with Gasteiger partial charge in [0.15, 0.2) is 9.84 Å². The molecule has 0 saturated heterocycles. The summed E-state index contributed by atoms with van der Waals surface area (Å²) in [6, 6.07) is 14.9. The largest absolute Gasteiger partial charge is 0.351 e. The number of aryl methyl sites for hydroxylation is 2. The third-order valence-electron chi connectivity index (χ3n) is 6.97. The number of aromatic nitrogens is 3. The van der Waals surface area contributed by atoms with Gasteiger partial charge in [0.2, 0.25) is 5.95 Å². The van der Waals surface area contributed by atoms with Crippen LogP contribution >= 0.6 is 11.6 Å². The molecule has 0 aliphatic heterocycles. The van der Waals surface area contributed by atoms with Crippen molar-refractivity contribution in [3.05, 3.63) is 76.7 Å². The third-order valence-corrected chi connectivity index (χ3v) is 9.12. The minimum absolute atomic E-state index is 0.117. The maximum absolute atomic E-state index is 12.9. The third kappa shape index (κ3) is 5.61. The van der Waals surface area contributed by atoms with Crippen LogP contribution in [0, 0.1) is 13.8 Å². The van der Waals surface area contributed by atoms with Gasteiger partial charge in [-0.2, -0.15) is 0 Å². The molecule has 192 valence electrons. The molecule has 9 heteroatoms. The van der Waals surface area contributed by atoms with E-state index in [0.29, 0.717) is 23.7 Å². The van der Waals surface area contributed by atoms with Crippen LogP contribution in [0.2, 0.25) is 5.02 Å². The van der Waals surface area contributed by atoms with E-state index < -0.39 is 9.84 Å². The molecule has 0 amide bonds. The second-order valence-corrected chi connectivity index (χ2v) is 12.2. The summed E-state index contributed by atoms with van der Waals surface area (Å²) >= 11 is 6.12. The molecule has 3 N–H and O–H groups in total. The molecule has 37 heavy (non-hydrogen) atoms. The number of hydrogen-bond donors (Lipinski definition) is 2. The van der Waals surface area contributed by atoms with Crippen molar-refractivity contribution in [2.45, 2.75) is 62.3 Å². The summed E-state index contributed by atoms with van der Waals surface area (Å²) in [4.78, 5) is 14.0. The van der Waals surface area contributed by atoms with Crippen molar-refractivity contribution in [3.8, 4) is 11.1 Å². The highest BCUT2D eigenvalue weighted by molar-refractivity contribution is 7.90. The molecule has 2 aromatic heterocycles. The highest BCUT2D eigenvalue weighted by Crippen LogP contribution is 2.31. The van der Waals surface area contributed by atoms with Crippen LogP contribution in [0.25, 0.3) is 22.0 Å². The van der Waals surface area contributed by atoms with Gasteiger partial charge in [0, 0.05) is 34.9 Å². The monoisotopic (exact) mass is 535 g/mol. The maximum atomic E-state index is 12.9. The van der Waals surface area contributed by atoms with E-state index in [1.807, 2.05) is 26.1 Å². The summed E-state index contributed by atoms with van der Waals surface area (Å²) in [7, 11) is -3.62. The number of rotatable bonds is 6. The number of pyridine rings is 1. The molecule has 7 nitrogen and oxygen atoms in total. The highest BCUT2D eigenvalue weighted by atomic mass is 35.5. The molecule has 0 atom stereocenters. The van der Waals surface area contributed by atoms with Gasteiger partial charge < -0.3 is 11.1 Å². The van der Waals surface area contributed by atoms with Crippen molar-refractivity contribution in [1.82, 2.24) is 15.0 Å². The minimum atomic E-state index is -3.62. The van der Waals surface area contributed by atoms with E-state index in [9.17, 15) is 8.42 Å². The van der Waals surface area contributed by atoms with Crippen molar-refractivity contribution in [2.75, 3.05) is 5.32 Å². The Balaban J connectivity index is 1.38. The number of nitrogens with one attached hydrogen (secondary N) is 1. The number of benzene rings is 2. The fraction of sp³-hybridized carbons (Fsp3) is 0.321. The number of hydrogen-bond acceptors (Lipinski definition) is 7. The lowest BCUT2D eigenvalue weighted by atomic mass is 9.92. The average Bonchev–Trinajstić information content (AvgIpc) is 2.85. The number of nitrogens with zero attached hydrogens (tertiary/aromatic N) is 3. The first kappa shape index (κ1) is 25.6. The molecule has 0 bridgehead atoms. The Morgan fingerprint density at radius 2 is 1.76 bits per heavy atom. The van der Waals surface area contributed by atoms with Crippen LogP contribution in [0.5, 0.6) is 0 Å². The Labute approximate surface area is 222 Å². The van der Waals surface area contributed by atoms with Crippen LogP contribution in [0.15, 0.2) is 59.6 Å². The SMILES string of the molecule is Cc1cc2nc(NC3CCC(N)CC3)ncc2cc1-c1ccc(CS(=O)(=O)c2ccccc2Cl)nc1C. The second-order valence-electron chi connectivity index (χ2n) is 9.80. The molecule has 1 aliphatic carbocycles. The predicted octanol–water partition coefficient (Wildman–Crippen LogP) is 5.62. The standard InChI is InChI=1S/C28H30ClN5O2S/c1-17-13-26-19(15-31-28(34-26)33-21-9-7-20(30)8-10-21)14-24(17)23-12-11-22(32-18(23)2)16-37(35,36)27-6-4-3-5-25(27)29/h3-6,11-15,20-21H,7-10,16,30H2,1-2H3,(H,31,33,34). The van der Waals surface area contributed by atoms with Crippen molar-refractivity contribution in [2.24, 2.45) is 5.73 Å². The second kappa shape index (κ2) is 10.4. The summed E-state index contributed by atoms with van der Waals surface area (Å²) in [5.41, 5.74) is 11.1. The quantitative estimate of drug-likeness (QED) is 0.329. The van der Waals surface area contributed by atoms with Gasteiger partial charge in [-0.15, -0.1) is 0 Å². The van der Waals surface area contributed by atoms with Gasteiger partial charge >= 0.3 is 0 Å². The molecule has 0 unspecified atom stereocenters. The lowest BCUT2D eigenvalue weighted by molar-refractivity contribution is 0.410. The Morgan fingerprint density at radius 3 is 2.49 bits per heavy atom. The molecule has 2 heterocycles. The van der Waals surface area contributed by atoms with Crippen LogP contribution in [0.4, 0.5) is 5.95 Å². The zero-order chi connectivity index (χ0) is 26.2. The van der Waals surface area contributed by atoms with Gasteiger partial charge in [0.05, 0.1) is 26.9 Å². The van der Waals surface area contributed by atoms with Crippen LogP contribution in [0.1, 0.15) is 42.6 Å². The fourth-order valence-corrected chi connectivity index (χ4v) is 6.78. The van der Waals surface area contributed by atoms with E-state index in [0.717, 1.165) is 59.0 Å². The summed E-state index contributed by atoms with van der Waals surface area (Å²) in [5, 5.41) is 4.61. The molecule has 2 aromatic carbocycles. The molecule has 1 saturated carbocycles. The van der Waals surface area contributed by atoms with Crippen molar-refractivity contribution >= 4 is 38.3 Å². The van der Waals surface area contributed by atoms with Gasteiger partial charge in [-0.1, -0.05) is 29.8 Å². The lowest BCUT2D eigenvalue weighted by Gasteiger charge is -2.26. The minimum Gasteiger partial charge on any atom is -0.351 e. The van der Waals surface area contributed by atoms with E-state index in [4.69, 9.17) is 22.3 Å². The summed E-state index contributed by atoms with van der Waals surface area (Å²) < 4.78 is 25.8.